The van der Waals surface area contributed by atoms with E-state index >= 15 is 0 Å². The smallest absolute Gasteiger partial charge is 0.205 e. The van der Waals surface area contributed by atoms with E-state index in [1.165, 1.54) is 0 Å². The number of rotatable bonds is 2. The van der Waals surface area contributed by atoms with Gasteiger partial charge in [0.05, 0.1) is 6.61 Å². The van der Waals surface area contributed by atoms with Crippen LogP contribution in [-0.4, -0.2) is 45.5 Å². The highest BCUT2D eigenvalue weighted by atomic mass is 16.6. The van der Waals surface area contributed by atoms with Crippen LogP contribution in [0.4, 0.5) is 0 Å². The number of aliphatic imine (C=N–C) groups is 1. The lowest BCUT2D eigenvalue weighted by molar-refractivity contribution is -0.101. The Balaban J connectivity index is 2.27. The predicted molar refractivity (Wildman–Crippen MR) is 67.2 cm³/mol. The van der Waals surface area contributed by atoms with Crippen molar-refractivity contribution in [1.29, 1.82) is 5.26 Å². The van der Waals surface area contributed by atoms with Gasteiger partial charge in [-0.1, -0.05) is 13.5 Å². The third kappa shape index (κ3) is 2.00. The number of ether oxygens (including phenoxy) is 1. The molecule has 2 aliphatic rings. The minimum Gasteiger partial charge on any atom is -0.392 e. The molecule has 1 unspecified atom stereocenters. The van der Waals surface area contributed by atoms with Gasteiger partial charge in [0.15, 0.2) is 0 Å². The summed E-state index contributed by atoms with van der Waals surface area (Å²) in [5.74, 6) is 0.277. The molecule has 1 saturated heterocycles. The van der Waals surface area contributed by atoms with Gasteiger partial charge >= 0.3 is 0 Å². The summed E-state index contributed by atoms with van der Waals surface area (Å²) < 4.78 is 5.56. The molecule has 19 heavy (non-hydrogen) atoms. The zero-order chi connectivity index (χ0) is 14.2. The first-order valence-corrected chi connectivity index (χ1v) is 5.83. The van der Waals surface area contributed by atoms with Gasteiger partial charge in [-0.3, -0.25) is 0 Å². The number of nitrogens with zero attached hydrogens (tertiary/aromatic N) is 3. The summed E-state index contributed by atoms with van der Waals surface area (Å²) in [7, 11) is 0. The van der Waals surface area contributed by atoms with Crippen LogP contribution in [0.5, 0.6) is 0 Å². The summed E-state index contributed by atoms with van der Waals surface area (Å²) >= 11 is 0. The van der Waals surface area contributed by atoms with E-state index in [0.717, 1.165) is 0 Å². The lowest BCUT2D eigenvalue weighted by Crippen LogP contribution is -2.43. The van der Waals surface area contributed by atoms with Crippen molar-refractivity contribution in [2.45, 2.75) is 24.9 Å². The zero-order valence-electron chi connectivity index (χ0n) is 10.5. The van der Waals surface area contributed by atoms with E-state index in [1.54, 1.807) is 24.1 Å². The fourth-order valence-electron chi connectivity index (χ4n) is 2.26. The van der Waals surface area contributed by atoms with Gasteiger partial charge in [0.2, 0.25) is 5.60 Å². The molecule has 0 amide bonds. The highest BCUT2D eigenvalue weighted by molar-refractivity contribution is 5.92. The number of aliphatic hydroxyl groups excluding tert-OH is 2. The Bertz CT molecular complexity index is 496. The SMILES string of the molecule is C=C1N=C(N)C=CN1[C@@H]1OC(C#N)(CO)[C@@H](O)[C@@H]1C. The van der Waals surface area contributed by atoms with Gasteiger partial charge in [-0.05, 0) is 6.08 Å². The molecule has 0 bridgehead atoms. The van der Waals surface area contributed by atoms with E-state index in [-0.39, 0.29) is 0 Å². The van der Waals surface area contributed by atoms with Crippen LogP contribution < -0.4 is 5.73 Å². The van der Waals surface area contributed by atoms with E-state index in [2.05, 4.69) is 11.6 Å². The lowest BCUT2D eigenvalue weighted by atomic mass is 9.92. The van der Waals surface area contributed by atoms with Crippen LogP contribution in [-0.2, 0) is 4.74 Å². The van der Waals surface area contributed by atoms with Crippen molar-refractivity contribution < 1.29 is 14.9 Å². The first kappa shape index (κ1) is 13.5. The van der Waals surface area contributed by atoms with Crippen LogP contribution in [0.3, 0.4) is 0 Å². The van der Waals surface area contributed by atoms with Crippen molar-refractivity contribution in [2.24, 2.45) is 16.6 Å². The summed E-state index contributed by atoms with van der Waals surface area (Å²) in [6.07, 6.45) is 1.46. The number of nitriles is 1. The summed E-state index contributed by atoms with van der Waals surface area (Å²) in [6.45, 7) is 4.90. The maximum Gasteiger partial charge on any atom is 0.205 e. The van der Waals surface area contributed by atoms with Gasteiger partial charge in [-0.15, -0.1) is 0 Å². The molecule has 0 aromatic rings. The standard InChI is InChI=1S/C12H16N4O3/c1-7-10(18)12(5-13,6-17)19-11(7)16-4-3-9(14)15-8(16)2/h3-4,7,10-11,17-18H,2,6H2,1H3,(H2,14,15)/t7-,10-,11+,12?/m0/s1. The first-order valence-electron chi connectivity index (χ1n) is 5.83. The fraction of sp³-hybridized carbons (Fsp3) is 0.500. The van der Waals surface area contributed by atoms with Gasteiger partial charge in [-0.2, -0.15) is 5.26 Å². The van der Waals surface area contributed by atoms with Crippen LogP contribution in [0.15, 0.2) is 29.7 Å². The third-order valence-corrected chi connectivity index (χ3v) is 3.42. The van der Waals surface area contributed by atoms with Crippen molar-refractivity contribution in [3.8, 4) is 6.07 Å². The summed E-state index contributed by atoms with van der Waals surface area (Å²) in [5, 5.41) is 28.5. The number of hydrogen-bond acceptors (Lipinski definition) is 7. The van der Waals surface area contributed by atoms with Crippen LogP contribution in [0.1, 0.15) is 6.92 Å². The van der Waals surface area contributed by atoms with Gasteiger partial charge in [0.1, 0.15) is 30.1 Å². The quantitative estimate of drug-likeness (QED) is 0.604. The van der Waals surface area contributed by atoms with Gasteiger partial charge in [0, 0.05) is 12.1 Å². The molecule has 2 rings (SSSR count). The summed E-state index contributed by atoms with van der Waals surface area (Å²) in [4.78, 5) is 5.58. The second-order valence-corrected chi connectivity index (χ2v) is 4.65. The Morgan fingerprint density at radius 1 is 1.74 bits per heavy atom. The van der Waals surface area contributed by atoms with Crippen molar-refractivity contribution in [1.82, 2.24) is 4.90 Å². The monoisotopic (exact) mass is 264 g/mol. The van der Waals surface area contributed by atoms with Crippen molar-refractivity contribution in [3.63, 3.8) is 0 Å². The van der Waals surface area contributed by atoms with Crippen LogP contribution in [0.25, 0.3) is 0 Å². The van der Waals surface area contributed by atoms with Gasteiger partial charge < -0.3 is 25.6 Å². The molecule has 0 saturated carbocycles. The molecule has 7 nitrogen and oxygen atoms in total. The van der Waals surface area contributed by atoms with Crippen LogP contribution in [0.2, 0.25) is 0 Å². The highest BCUT2D eigenvalue weighted by Gasteiger charge is 2.55. The largest absolute Gasteiger partial charge is 0.392 e. The first-order chi connectivity index (χ1) is 8.95. The molecule has 0 spiro atoms. The van der Waals surface area contributed by atoms with E-state index in [9.17, 15) is 10.2 Å². The van der Waals surface area contributed by atoms with Crippen molar-refractivity contribution in [2.75, 3.05) is 6.61 Å². The molecule has 1 fully saturated rings. The molecule has 102 valence electrons. The average Bonchev–Trinajstić information content (AvgIpc) is 2.64. The maximum absolute atomic E-state index is 10.1. The molecular formula is C12H16N4O3. The Kier molecular flexibility index (Phi) is 3.32. The van der Waals surface area contributed by atoms with Gasteiger partial charge in [0.25, 0.3) is 0 Å². The molecule has 0 aromatic heterocycles. The normalized spacial score (nSPS) is 38.2. The summed E-state index contributed by atoms with van der Waals surface area (Å²) in [6, 6.07) is 1.84. The Hall–Kier alpha value is -1.88. The van der Waals surface area contributed by atoms with E-state index in [4.69, 9.17) is 15.7 Å². The Labute approximate surface area is 110 Å². The predicted octanol–water partition coefficient (Wildman–Crippen LogP) is -0.748. The van der Waals surface area contributed by atoms with E-state index in [1.807, 2.05) is 6.07 Å². The molecular weight excluding hydrogens is 248 g/mol. The second-order valence-electron chi connectivity index (χ2n) is 4.65. The van der Waals surface area contributed by atoms with E-state index in [0.29, 0.717) is 11.7 Å². The lowest BCUT2D eigenvalue weighted by Gasteiger charge is -2.31. The maximum atomic E-state index is 10.1. The molecule has 7 heteroatoms. The molecule has 0 aliphatic carbocycles. The topological polar surface area (TPSA) is 115 Å². The number of aliphatic hydroxyl groups is 2. The minimum absolute atomic E-state index is 0.321. The third-order valence-electron chi connectivity index (χ3n) is 3.42. The molecule has 2 heterocycles. The molecule has 2 aliphatic heterocycles. The molecule has 4 atom stereocenters. The Morgan fingerprint density at radius 3 is 2.89 bits per heavy atom. The van der Waals surface area contributed by atoms with Gasteiger partial charge in [-0.25, -0.2) is 4.99 Å². The molecule has 0 radical (unpaired) electrons. The van der Waals surface area contributed by atoms with Crippen LogP contribution in [0, 0.1) is 17.2 Å². The minimum atomic E-state index is -1.62. The zero-order valence-corrected chi connectivity index (χ0v) is 10.5. The van der Waals surface area contributed by atoms with E-state index < -0.39 is 30.5 Å². The summed E-state index contributed by atoms with van der Waals surface area (Å²) in [5.41, 5.74) is 3.93. The number of amidine groups is 1. The molecule has 4 N–H and O–H groups in total. The Morgan fingerprint density at radius 2 is 2.42 bits per heavy atom. The second kappa shape index (κ2) is 4.66. The average molecular weight is 264 g/mol. The highest BCUT2D eigenvalue weighted by Crippen LogP contribution is 2.38. The fourth-order valence-corrected chi connectivity index (χ4v) is 2.26. The van der Waals surface area contributed by atoms with Crippen LogP contribution >= 0.6 is 0 Å². The molecule has 0 aromatic carbocycles. The van der Waals surface area contributed by atoms with Crippen molar-refractivity contribution in [3.05, 3.63) is 24.7 Å². The number of nitrogens with two attached hydrogens (primary N) is 1. The van der Waals surface area contributed by atoms with Crippen molar-refractivity contribution >= 4 is 5.84 Å². The number of hydrogen-bond donors (Lipinski definition) is 3.